The van der Waals surface area contributed by atoms with Crippen molar-refractivity contribution in [2.75, 3.05) is 6.54 Å². The topological polar surface area (TPSA) is 113 Å². The zero-order valence-electron chi connectivity index (χ0n) is 11.4. The molecule has 0 saturated heterocycles. The van der Waals surface area contributed by atoms with Crippen molar-refractivity contribution in [1.82, 2.24) is 10.3 Å². The number of furan rings is 1. The molecular formula is C13H14N2O5S. The standard InChI is InChI=1S/C13H14N2O5S/c1-7-9(10(16)14-6-13(2,19)12(17)18)15-11(21-7)8-4-3-5-20-8/h3-5,19H,6H2,1-2H3,(H,14,16)(H,17,18). The second-order valence-corrected chi connectivity index (χ2v) is 5.87. The normalized spacial score (nSPS) is 13.7. The molecule has 1 amide bonds. The minimum absolute atomic E-state index is 0.188. The maximum Gasteiger partial charge on any atom is 0.337 e. The molecule has 0 aliphatic rings. The second-order valence-electron chi connectivity index (χ2n) is 4.66. The van der Waals surface area contributed by atoms with Crippen molar-refractivity contribution >= 4 is 23.2 Å². The molecule has 2 heterocycles. The molecule has 8 heteroatoms. The first-order valence-corrected chi connectivity index (χ1v) is 6.88. The lowest BCUT2D eigenvalue weighted by molar-refractivity contribution is -0.155. The van der Waals surface area contributed by atoms with Gasteiger partial charge in [-0.05, 0) is 26.0 Å². The summed E-state index contributed by atoms with van der Waals surface area (Å²) in [6, 6.07) is 3.45. The fourth-order valence-electron chi connectivity index (χ4n) is 1.52. The molecule has 0 bridgehead atoms. The molecule has 2 aromatic rings. The molecule has 1 unspecified atom stereocenters. The van der Waals surface area contributed by atoms with Gasteiger partial charge in [0, 0.05) is 4.88 Å². The van der Waals surface area contributed by atoms with Gasteiger partial charge in [-0.15, -0.1) is 11.3 Å². The first-order chi connectivity index (χ1) is 9.81. The van der Waals surface area contributed by atoms with Crippen molar-refractivity contribution in [3.05, 3.63) is 29.0 Å². The van der Waals surface area contributed by atoms with Crippen molar-refractivity contribution in [3.63, 3.8) is 0 Å². The Morgan fingerprint density at radius 3 is 2.81 bits per heavy atom. The number of aromatic nitrogens is 1. The monoisotopic (exact) mass is 310 g/mol. The summed E-state index contributed by atoms with van der Waals surface area (Å²) in [6.45, 7) is 2.43. The van der Waals surface area contributed by atoms with E-state index in [0.29, 0.717) is 15.6 Å². The van der Waals surface area contributed by atoms with Crippen LogP contribution in [-0.4, -0.2) is 39.2 Å². The van der Waals surface area contributed by atoms with E-state index in [-0.39, 0.29) is 5.69 Å². The SMILES string of the molecule is Cc1sc(-c2ccco2)nc1C(=O)NCC(C)(O)C(=O)O. The summed E-state index contributed by atoms with van der Waals surface area (Å²) in [4.78, 5) is 27.6. The molecule has 0 radical (unpaired) electrons. The van der Waals surface area contributed by atoms with E-state index in [9.17, 15) is 14.7 Å². The van der Waals surface area contributed by atoms with Gasteiger partial charge < -0.3 is 19.9 Å². The van der Waals surface area contributed by atoms with Crippen molar-refractivity contribution in [2.45, 2.75) is 19.4 Å². The number of aliphatic hydroxyl groups is 1. The van der Waals surface area contributed by atoms with E-state index in [2.05, 4.69) is 10.3 Å². The number of thiazole rings is 1. The third kappa shape index (κ3) is 3.29. The molecule has 2 aromatic heterocycles. The van der Waals surface area contributed by atoms with Gasteiger partial charge in [0.05, 0.1) is 12.8 Å². The number of hydrogen-bond acceptors (Lipinski definition) is 6. The Labute approximate surface area is 124 Å². The molecule has 0 aromatic carbocycles. The van der Waals surface area contributed by atoms with E-state index in [1.807, 2.05) is 0 Å². The molecule has 0 spiro atoms. The van der Waals surface area contributed by atoms with Crippen LogP contribution in [0.15, 0.2) is 22.8 Å². The molecular weight excluding hydrogens is 296 g/mol. The number of rotatable bonds is 5. The van der Waals surface area contributed by atoms with Crippen LogP contribution in [0, 0.1) is 6.92 Å². The van der Waals surface area contributed by atoms with Gasteiger partial charge in [0.2, 0.25) is 0 Å². The molecule has 3 N–H and O–H groups in total. The lowest BCUT2D eigenvalue weighted by Crippen LogP contribution is -2.46. The van der Waals surface area contributed by atoms with Crippen molar-refractivity contribution in [3.8, 4) is 10.8 Å². The highest BCUT2D eigenvalue weighted by Gasteiger charge is 2.31. The number of carbonyl (C=O) groups is 2. The van der Waals surface area contributed by atoms with Gasteiger partial charge in [-0.3, -0.25) is 4.79 Å². The van der Waals surface area contributed by atoms with Gasteiger partial charge in [-0.1, -0.05) is 0 Å². The summed E-state index contributed by atoms with van der Waals surface area (Å²) in [6.07, 6.45) is 1.51. The lowest BCUT2D eigenvalue weighted by Gasteiger charge is -2.17. The quantitative estimate of drug-likeness (QED) is 0.766. The smallest absolute Gasteiger partial charge is 0.337 e. The Morgan fingerprint density at radius 2 is 2.24 bits per heavy atom. The van der Waals surface area contributed by atoms with Crippen LogP contribution in [0.4, 0.5) is 0 Å². The predicted octanol–water partition coefficient (Wildman–Crippen LogP) is 1.28. The minimum atomic E-state index is -2.02. The molecule has 0 saturated carbocycles. The number of hydrogen-bond donors (Lipinski definition) is 3. The molecule has 0 fully saturated rings. The van der Waals surface area contributed by atoms with Crippen LogP contribution >= 0.6 is 11.3 Å². The molecule has 112 valence electrons. The first-order valence-electron chi connectivity index (χ1n) is 6.06. The van der Waals surface area contributed by atoms with Crippen LogP contribution in [0.5, 0.6) is 0 Å². The van der Waals surface area contributed by atoms with E-state index in [1.54, 1.807) is 19.1 Å². The van der Waals surface area contributed by atoms with Crippen molar-refractivity contribution in [1.29, 1.82) is 0 Å². The lowest BCUT2D eigenvalue weighted by atomic mass is 10.1. The van der Waals surface area contributed by atoms with E-state index >= 15 is 0 Å². The maximum atomic E-state index is 12.0. The number of aryl methyl sites for hydroxylation is 1. The van der Waals surface area contributed by atoms with E-state index < -0.39 is 24.0 Å². The first kappa shape index (κ1) is 15.2. The molecule has 2 rings (SSSR count). The Hall–Kier alpha value is -2.19. The molecule has 0 aliphatic carbocycles. The molecule has 7 nitrogen and oxygen atoms in total. The number of carbonyl (C=O) groups excluding carboxylic acids is 1. The second kappa shape index (κ2) is 5.66. The van der Waals surface area contributed by atoms with Gasteiger partial charge in [-0.2, -0.15) is 0 Å². The van der Waals surface area contributed by atoms with E-state index in [1.165, 1.54) is 17.6 Å². The fraction of sp³-hybridized carbons (Fsp3) is 0.308. The highest BCUT2D eigenvalue weighted by atomic mass is 32.1. The zero-order chi connectivity index (χ0) is 15.6. The van der Waals surface area contributed by atoms with Gasteiger partial charge in [0.1, 0.15) is 5.69 Å². The summed E-state index contributed by atoms with van der Waals surface area (Å²) >= 11 is 1.30. The van der Waals surface area contributed by atoms with Crippen LogP contribution in [0.1, 0.15) is 22.3 Å². The Balaban J connectivity index is 2.12. The van der Waals surface area contributed by atoms with Crippen LogP contribution in [-0.2, 0) is 4.79 Å². The average Bonchev–Trinajstić information content (AvgIpc) is 3.04. The van der Waals surface area contributed by atoms with Crippen LogP contribution in [0.25, 0.3) is 10.8 Å². The van der Waals surface area contributed by atoms with E-state index in [4.69, 9.17) is 9.52 Å². The summed E-state index contributed by atoms with van der Waals surface area (Å²) in [5, 5.41) is 21.3. The number of aliphatic carboxylic acids is 1. The largest absolute Gasteiger partial charge is 0.479 e. The minimum Gasteiger partial charge on any atom is -0.479 e. The Bertz CT molecular complexity index is 660. The Morgan fingerprint density at radius 1 is 1.52 bits per heavy atom. The summed E-state index contributed by atoms with van der Waals surface area (Å²) in [5.74, 6) is -1.39. The highest BCUT2D eigenvalue weighted by Crippen LogP contribution is 2.27. The molecule has 0 aliphatic heterocycles. The predicted molar refractivity (Wildman–Crippen MR) is 75.1 cm³/mol. The third-order valence-electron chi connectivity index (χ3n) is 2.80. The summed E-state index contributed by atoms with van der Waals surface area (Å²) in [5.41, 5.74) is -1.84. The van der Waals surface area contributed by atoms with Crippen LogP contribution in [0.2, 0.25) is 0 Å². The molecule has 1 atom stereocenters. The Kier molecular flexibility index (Phi) is 4.10. The maximum absolute atomic E-state index is 12.0. The van der Waals surface area contributed by atoms with Crippen LogP contribution < -0.4 is 5.32 Å². The number of carboxylic acids is 1. The number of nitrogens with zero attached hydrogens (tertiary/aromatic N) is 1. The highest BCUT2D eigenvalue weighted by molar-refractivity contribution is 7.15. The van der Waals surface area contributed by atoms with Crippen molar-refractivity contribution < 1.29 is 24.2 Å². The summed E-state index contributed by atoms with van der Waals surface area (Å²) < 4.78 is 5.21. The number of amides is 1. The van der Waals surface area contributed by atoms with Crippen molar-refractivity contribution in [2.24, 2.45) is 0 Å². The fourth-order valence-corrected chi connectivity index (χ4v) is 2.40. The van der Waals surface area contributed by atoms with Crippen LogP contribution in [0.3, 0.4) is 0 Å². The van der Waals surface area contributed by atoms with Gasteiger partial charge in [-0.25, -0.2) is 9.78 Å². The van der Waals surface area contributed by atoms with Gasteiger partial charge in [0.15, 0.2) is 16.4 Å². The van der Waals surface area contributed by atoms with E-state index in [0.717, 1.165) is 6.92 Å². The summed E-state index contributed by atoms with van der Waals surface area (Å²) in [7, 11) is 0. The van der Waals surface area contributed by atoms with Gasteiger partial charge in [0.25, 0.3) is 5.91 Å². The zero-order valence-corrected chi connectivity index (χ0v) is 12.2. The number of nitrogens with one attached hydrogen (secondary N) is 1. The number of carboxylic acid groups (broad SMARTS) is 1. The average molecular weight is 310 g/mol. The van der Waals surface area contributed by atoms with Gasteiger partial charge >= 0.3 is 5.97 Å². The third-order valence-corrected chi connectivity index (χ3v) is 3.78. The molecule has 21 heavy (non-hydrogen) atoms.